The van der Waals surface area contributed by atoms with Crippen LogP contribution in [0.5, 0.6) is 0 Å². The molecule has 0 saturated carbocycles. The van der Waals surface area contributed by atoms with Crippen molar-refractivity contribution < 1.29 is 0 Å². The van der Waals surface area contributed by atoms with Gasteiger partial charge in [0.05, 0.1) is 5.56 Å². The van der Waals surface area contributed by atoms with Crippen LogP contribution in [0.4, 0.5) is 5.82 Å². The lowest BCUT2D eigenvalue weighted by Gasteiger charge is -2.39. The number of aryl methyl sites for hydroxylation is 2. The Morgan fingerprint density at radius 3 is 3.00 bits per heavy atom. The summed E-state index contributed by atoms with van der Waals surface area (Å²) < 4.78 is 0. The van der Waals surface area contributed by atoms with E-state index in [0.717, 1.165) is 50.0 Å². The molecule has 0 spiro atoms. The lowest BCUT2D eigenvalue weighted by molar-refractivity contribution is 0.410. The van der Waals surface area contributed by atoms with Gasteiger partial charge in [0.1, 0.15) is 11.9 Å². The van der Waals surface area contributed by atoms with Crippen molar-refractivity contribution in [2.75, 3.05) is 11.4 Å². The van der Waals surface area contributed by atoms with Gasteiger partial charge in [-0.1, -0.05) is 0 Å². The number of piperidine rings is 1. The summed E-state index contributed by atoms with van der Waals surface area (Å²) in [6.45, 7) is 3.02. The Bertz CT molecular complexity index is 544. The van der Waals surface area contributed by atoms with Crippen molar-refractivity contribution in [1.29, 1.82) is 5.26 Å². The van der Waals surface area contributed by atoms with Gasteiger partial charge in [-0.05, 0) is 57.1 Å². The van der Waals surface area contributed by atoms with Crippen molar-refractivity contribution >= 4 is 5.82 Å². The zero-order chi connectivity index (χ0) is 14.1. The van der Waals surface area contributed by atoms with E-state index in [1.807, 2.05) is 0 Å². The summed E-state index contributed by atoms with van der Waals surface area (Å²) in [5.74, 6) is 0.871. The molecule has 1 saturated heterocycles. The molecule has 2 atom stereocenters. The van der Waals surface area contributed by atoms with Gasteiger partial charge in [-0.2, -0.15) is 5.26 Å². The molecule has 2 heterocycles. The monoisotopic (exact) mass is 270 g/mol. The Labute approximate surface area is 120 Å². The molecule has 1 aromatic rings. The van der Waals surface area contributed by atoms with Crippen LogP contribution < -0.4 is 10.6 Å². The largest absolute Gasteiger partial charge is 0.351 e. The summed E-state index contributed by atoms with van der Waals surface area (Å²) in [6, 6.07) is 4.81. The Morgan fingerprint density at radius 2 is 2.25 bits per heavy atom. The van der Waals surface area contributed by atoms with Crippen LogP contribution in [0, 0.1) is 11.3 Å². The van der Waals surface area contributed by atoms with Crippen molar-refractivity contribution in [1.82, 2.24) is 4.98 Å². The first kappa shape index (κ1) is 13.4. The molecule has 2 N–H and O–H groups in total. The molecule has 0 aromatic carbocycles. The molecule has 0 bridgehead atoms. The van der Waals surface area contributed by atoms with Gasteiger partial charge < -0.3 is 10.6 Å². The van der Waals surface area contributed by atoms with Crippen LogP contribution in [0.25, 0.3) is 0 Å². The van der Waals surface area contributed by atoms with E-state index in [9.17, 15) is 5.26 Å². The molecule has 1 aliphatic carbocycles. The smallest absolute Gasteiger partial charge is 0.147 e. The summed E-state index contributed by atoms with van der Waals surface area (Å²) in [7, 11) is 0. The third-order valence-corrected chi connectivity index (χ3v) is 4.58. The second-order valence-corrected chi connectivity index (χ2v) is 6.05. The first-order valence-electron chi connectivity index (χ1n) is 7.66. The number of aromatic nitrogens is 1. The summed E-state index contributed by atoms with van der Waals surface area (Å²) in [5.41, 5.74) is 9.32. The average Bonchev–Trinajstić information content (AvgIpc) is 2.93. The molecule has 1 aliphatic heterocycles. The van der Waals surface area contributed by atoms with E-state index in [1.165, 1.54) is 17.7 Å². The lowest BCUT2D eigenvalue weighted by Crippen LogP contribution is -2.50. The predicted octanol–water partition coefficient (Wildman–Crippen LogP) is 2.15. The molecule has 4 heteroatoms. The number of nitrogens with two attached hydrogens (primary N) is 1. The fraction of sp³-hybridized carbons (Fsp3) is 0.625. The van der Waals surface area contributed by atoms with Crippen molar-refractivity contribution in [3.8, 4) is 6.07 Å². The van der Waals surface area contributed by atoms with Gasteiger partial charge in [-0.15, -0.1) is 0 Å². The summed E-state index contributed by atoms with van der Waals surface area (Å²) in [5, 5.41) is 9.46. The predicted molar refractivity (Wildman–Crippen MR) is 79.6 cm³/mol. The molecule has 2 unspecified atom stereocenters. The number of rotatable bonds is 2. The molecule has 106 valence electrons. The van der Waals surface area contributed by atoms with Gasteiger partial charge in [0.2, 0.25) is 0 Å². The molecule has 3 rings (SSSR count). The van der Waals surface area contributed by atoms with Crippen molar-refractivity contribution in [3.63, 3.8) is 0 Å². The number of hydrogen-bond acceptors (Lipinski definition) is 4. The lowest BCUT2D eigenvalue weighted by atomic mass is 9.96. The summed E-state index contributed by atoms with van der Waals surface area (Å²) in [6.07, 6.45) is 6.75. The van der Waals surface area contributed by atoms with E-state index < -0.39 is 0 Å². The first-order valence-corrected chi connectivity index (χ1v) is 7.66. The van der Waals surface area contributed by atoms with Crippen LogP contribution in [0.1, 0.15) is 49.4 Å². The number of nitriles is 1. The molecule has 4 nitrogen and oxygen atoms in total. The zero-order valence-electron chi connectivity index (χ0n) is 12.1. The number of nitrogens with zero attached hydrogens (tertiary/aromatic N) is 3. The zero-order valence-corrected chi connectivity index (χ0v) is 12.1. The van der Waals surface area contributed by atoms with E-state index >= 15 is 0 Å². The average molecular weight is 270 g/mol. The minimum Gasteiger partial charge on any atom is -0.351 e. The van der Waals surface area contributed by atoms with Crippen LogP contribution in [-0.2, 0) is 12.8 Å². The van der Waals surface area contributed by atoms with E-state index in [4.69, 9.17) is 10.7 Å². The second kappa shape index (κ2) is 5.41. The molecule has 1 fully saturated rings. The van der Waals surface area contributed by atoms with Gasteiger partial charge in [-0.3, -0.25) is 0 Å². The van der Waals surface area contributed by atoms with E-state index in [0.29, 0.717) is 6.04 Å². The maximum absolute atomic E-state index is 9.46. The van der Waals surface area contributed by atoms with Gasteiger partial charge in [0.15, 0.2) is 0 Å². The number of hydrogen-bond donors (Lipinski definition) is 1. The highest BCUT2D eigenvalue weighted by molar-refractivity contribution is 5.57. The van der Waals surface area contributed by atoms with E-state index in [1.54, 1.807) is 0 Å². The minimum absolute atomic E-state index is 0.108. The number of anilines is 1. The maximum Gasteiger partial charge on any atom is 0.147 e. The van der Waals surface area contributed by atoms with Crippen molar-refractivity contribution in [3.05, 3.63) is 22.9 Å². The molecular weight excluding hydrogens is 248 g/mol. The van der Waals surface area contributed by atoms with Crippen LogP contribution in [0.3, 0.4) is 0 Å². The van der Waals surface area contributed by atoms with Crippen molar-refractivity contribution in [2.24, 2.45) is 5.73 Å². The molecule has 2 aliphatic rings. The highest BCUT2D eigenvalue weighted by Gasteiger charge is 2.29. The molecular formula is C16H22N4. The fourth-order valence-electron chi connectivity index (χ4n) is 3.53. The first-order chi connectivity index (χ1) is 9.70. The SMILES string of the molecule is CC(N)C1CCCCN1c1nc2c(cc1C#N)CCC2. The quantitative estimate of drug-likeness (QED) is 0.894. The van der Waals surface area contributed by atoms with Crippen LogP contribution in [0.2, 0.25) is 0 Å². The van der Waals surface area contributed by atoms with Gasteiger partial charge in [-0.25, -0.2) is 4.98 Å². The second-order valence-electron chi connectivity index (χ2n) is 6.05. The van der Waals surface area contributed by atoms with E-state index in [2.05, 4.69) is 24.0 Å². The topological polar surface area (TPSA) is 65.9 Å². The summed E-state index contributed by atoms with van der Waals surface area (Å²) >= 11 is 0. The maximum atomic E-state index is 9.46. The van der Waals surface area contributed by atoms with Crippen molar-refractivity contribution in [2.45, 2.75) is 57.5 Å². The Balaban J connectivity index is 2.01. The van der Waals surface area contributed by atoms with Crippen LogP contribution >= 0.6 is 0 Å². The fourth-order valence-corrected chi connectivity index (χ4v) is 3.53. The third-order valence-electron chi connectivity index (χ3n) is 4.58. The molecule has 1 aromatic heterocycles. The molecule has 0 amide bonds. The Hall–Kier alpha value is -1.60. The van der Waals surface area contributed by atoms with Crippen LogP contribution in [-0.4, -0.2) is 23.6 Å². The highest BCUT2D eigenvalue weighted by atomic mass is 15.2. The Morgan fingerprint density at radius 1 is 1.40 bits per heavy atom. The standard InChI is InChI=1S/C16H22N4/c1-11(18)15-7-2-3-8-20(15)16-13(10-17)9-12-5-4-6-14(12)19-16/h9,11,15H,2-8,18H2,1H3. The van der Waals surface area contributed by atoms with E-state index in [-0.39, 0.29) is 6.04 Å². The van der Waals surface area contributed by atoms with Crippen LogP contribution in [0.15, 0.2) is 6.07 Å². The van der Waals surface area contributed by atoms with Gasteiger partial charge in [0, 0.05) is 24.3 Å². The highest BCUT2D eigenvalue weighted by Crippen LogP contribution is 2.31. The van der Waals surface area contributed by atoms with Gasteiger partial charge >= 0.3 is 0 Å². The number of pyridine rings is 1. The molecule has 20 heavy (non-hydrogen) atoms. The normalized spacial score (nSPS) is 23.2. The third kappa shape index (κ3) is 2.27. The number of fused-ring (bicyclic) bond motifs is 1. The summed E-state index contributed by atoms with van der Waals surface area (Å²) in [4.78, 5) is 7.11. The van der Waals surface area contributed by atoms with Gasteiger partial charge in [0.25, 0.3) is 0 Å². The minimum atomic E-state index is 0.108. The Kier molecular flexibility index (Phi) is 3.62. The molecule has 0 radical (unpaired) electrons.